The zero-order valence-electron chi connectivity index (χ0n) is 23.8. The average Bonchev–Trinajstić information content (AvgIpc) is 3.65. The number of amides is 1. The number of nitrogens with one attached hydrogen (secondary N) is 1. The van der Waals surface area contributed by atoms with Gasteiger partial charge in [0, 0.05) is 48.4 Å². The minimum atomic E-state index is -2.65. The van der Waals surface area contributed by atoms with Gasteiger partial charge in [-0.15, -0.1) is 0 Å². The number of halogens is 2. The van der Waals surface area contributed by atoms with E-state index in [0.717, 1.165) is 65.9 Å². The van der Waals surface area contributed by atoms with E-state index < -0.39 is 6.43 Å². The minimum absolute atomic E-state index is 0.0261. The molecule has 1 amide bonds. The number of aromatic amines is 1. The number of benzene rings is 2. The van der Waals surface area contributed by atoms with Gasteiger partial charge in [0.15, 0.2) is 5.82 Å². The van der Waals surface area contributed by atoms with Gasteiger partial charge in [-0.3, -0.25) is 14.4 Å². The number of fused-ring (bicyclic) bond motifs is 2. The number of carbonyl (C=O) groups excluding carboxylic acids is 1. The van der Waals surface area contributed by atoms with Crippen LogP contribution in [-0.2, 0) is 25.6 Å². The Morgan fingerprint density at radius 1 is 1.15 bits per heavy atom. The number of aryl methyl sites for hydroxylation is 1. The largest absolute Gasteiger partial charge is 0.361 e. The fourth-order valence-electron chi connectivity index (χ4n) is 7.55. The average molecular weight is 559 g/mol. The number of H-pyrrole nitrogens is 1. The van der Waals surface area contributed by atoms with Crippen molar-refractivity contribution in [2.45, 2.75) is 64.5 Å². The molecule has 0 spiro atoms. The van der Waals surface area contributed by atoms with E-state index in [0.29, 0.717) is 29.5 Å². The molecule has 1 saturated heterocycles. The summed E-state index contributed by atoms with van der Waals surface area (Å²) in [5.41, 5.74) is 3.94. The summed E-state index contributed by atoms with van der Waals surface area (Å²) in [6, 6.07) is 9.64. The summed E-state index contributed by atoms with van der Waals surface area (Å²) in [6.45, 7) is 7.07. The van der Waals surface area contributed by atoms with E-state index in [2.05, 4.69) is 45.9 Å². The highest BCUT2D eigenvalue weighted by Crippen LogP contribution is 2.52. The van der Waals surface area contributed by atoms with Crippen LogP contribution >= 0.6 is 0 Å². The number of hydrogen-bond donors (Lipinski definition) is 1. The van der Waals surface area contributed by atoms with Crippen molar-refractivity contribution < 1.29 is 13.6 Å². The smallest absolute Gasteiger partial charge is 0.264 e. The molecule has 7 rings (SSSR count). The van der Waals surface area contributed by atoms with Crippen LogP contribution in [0.2, 0.25) is 0 Å². The summed E-state index contributed by atoms with van der Waals surface area (Å²) in [6.07, 6.45) is 5.06. The van der Waals surface area contributed by atoms with Gasteiger partial charge in [-0.05, 0) is 91.1 Å². The van der Waals surface area contributed by atoms with Gasteiger partial charge < -0.3 is 9.88 Å². The van der Waals surface area contributed by atoms with Gasteiger partial charge in [-0.2, -0.15) is 5.10 Å². The Labute approximate surface area is 238 Å². The first-order valence-electron chi connectivity index (χ1n) is 14.7. The van der Waals surface area contributed by atoms with E-state index in [1.54, 1.807) is 22.0 Å². The summed E-state index contributed by atoms with van der Waals surface area (Å²) in [4.78, 5) is 26.0. The highest BCUT2D eigenvalue weighted by atomic mass is 19.3. The van der Waals surface area contributed by atoms with Gasteiger partial charge in [-0.1, -0.05) is 13.8 Å². The lowest BCUT2D eigenvalue weighted by Gasteiger charge is -2.45. The molecule has 4 heterocycles. The highest BCUT2D eigenvalue weighted by molar-refractivity contribution is 6.14. The third-order valence-corrected chi connectivity index (χ3v) is 9.43. The van der Waals surface area contributed by atoms with Gasteiger partial charge >= 0.3 is 0 Å². The molecule has 1 atom stereocenters. The lowest BCUT2D eigenvalue weighted by molar-refractivity contribution is 0.0996. The molecule has 9 heteroatoms. The third kappa shape index (κ3) is 4.36. The normalized spacial score (nSPS) is 24.8. The van der Waals surface area contributed by atoms with E-state index in [9.17, 15) is 13.6 Å². The van der Waals surface area contributed by atoms with Crippen LogP contribution in [0.15, 0.2) is 42.9 Å². The van der Waals surface area contributed by atoms with Crippen LogP contribution in [0.4, 0.5) is 14.5 Å². The van der Waals surface area contributed by atoms with Crippen LogP contribution in [0.3, 0.4) is 0 Å². The minimum Gasteiger partial charge on any atom is -0.361 e. The first-order valence-corrected chi connectivity index (χ1v) is 14.7. The molecule has 0 bridgehead atoms. The Morgan fingerprint density at radius 2 is 1.98 bits per heavy atom. The van der Waals surface area contributed by atoms with Crippen molar-refractivity contribution in [1.82, 2.24) is 24.6 Å². The number of rotatable bonds is 6. The van der Waals surface area contributed by atoms with Crippen LogP contribution in [0.5, 0.6) is 0 Å². The topological polar surface area (TPSA) is 70.1 Å². The van der Waals surface area contributed by atoms with Crippen molar-refractivity contribution in [2.75, 3.05) is 18.0 Å². The second-order valence-corrected chi connectivity index (χ2v) is 12.7. The highest BCUT2D eigenvalue weighted by Gasteiger charge is 2.48. The molecule has 1 N–H and O–H groups in total. The van der Waals surface area contributed by atoms with Crippen LogP contribution in [0, 0.1) is 11.8 Å². The number of alkyl halides is 2. The Morgan fingerprint density at radius 3 is 2.68 bits per heavy atom. The van der Waals surface area contributed by atoms with Crippen molar-refractivity contribution in [2.24, 2.45) is 18.9 Å². The van der Waals surface area contributed by atoms with E-state index >= 15 is 0 Å². The van der Waals surface area contributed by atoms with Gasteiger partial charge in [0.05, 0.1) is 17.6 Å². The fourth-order valence-corrected chi connectivity index (χ4v) is 7.55. The van der Waals surface area contributed by atoms with Crippen molar-refractivity contribution in [3.8, 4) is 0 Å². The summed E-state index contributed by atoms with van der Waals surface area (Å²) in [5.74, 6) is 1.67. The number of aromatic nitrogens is 4. The Balaban J connectivity index is 1.29. The number of likely N-dealkylation sites (tertiary alicyclic amines) is 1. The standard InChI is InChI=1S/C32H36F2N6O/c1-19-5-4-8-39(15-19)16-21-9-24(29(33)34)26-17-40(30(41)25(26)10-21)28-12-22(11-27-23(28)6-7-35-27)32(13-20(2)14-32)31-36-18-38(3)37-31/h6-7,9-12,18-20,29,35H,4-5,8,13-17H2,1-3H3/t19-,20?,32?/m0/s1. The van der Waals surface area contributed by atoms with E-state index in [1.807, 2.05) is 25.4 Å². The van der Waals surface area contributed by atoms with E-state index in [1.165, 1.54) is 6.42 Å². The molecule has 3 aliphatic rings. The van der Waals surface area contributed by atoms with Crippen LogP contribution in [0.25, 0.3) is 10.9 Å². The fraction of sp³-hybridized carbons (Fsp3) is 0.469. The summed E-state index contributed by atoms with van der Waals surface area (Å²) < 4.78 is 30.6. The zero-order chi connectivity index (χ0) is 28.5. The zero-order valence-corrected chi connectivity index (χ0v) is 23.8. The molecule has 4 aromatic rings. The van der Waals surface area contributed by atoms with Gasteiger partial charge in [0.1, 0.15) is 6.33 Å². The molecule has 2 fully saturated rings. The molecular formula is C32H36F2N6O. The summed E-state index contributed by atoms with van der Waals surface area (Å²) >= 11 is 0. The van der Waals surface area contributed by atoms with Crippen LogP contribution < -0.4 is 4.90 Å². The quantitative estimate of drug-likeness (QED) is 0.300. The molecule has 41 heavy (non-hydrogen) atoms. The Bertz CT molecular complexity index is 1630. The lowest BCUT2D eigenvalue weighted by Crippen LogP contribution is -2.42. The molecule has 2 aromatic carbocycles. The predicted molar refractivity (Wildman–Crippen MR) is 154 cm³/mol. The van der Waals surface area contributed by atoms with Gasteiger partial charge in [0.2, 0.25) is 0 Å². The SMILES string of the molecule is CC1CC(c2cc(N3Cc4c(cc(CN5CCC[C@H](C)C5)cc4C(F)F)C3=O)c3cc[nH]c3c2)(c2ncn(C)n2)C1. The Kier molecular flexibility index (Phi) is 6.26. The van der Waals surface area contributed by atoms with Gasteiger partial charge in [-0.25, -0.2) is 13.8 Å². The first-order chi connectivity index (χ1) is 19.7. The maximum absolute atomic E-state index is 14.4. The molecule has 0 radical (unpaired) electrons. The maximum atomic E-state index is 14.4. The molecule has 2 aliphatic heterocycles. The van der Waals surface area contributed by atoms with Crippen molar-refractivity contribution in [1.29, 1.82) is 0 Å². The maximum Gasteiger partial charge on any atom is 0.264 e. The number of piperidine rings is 1. The third-order valence-electron chi connectivity index (χ3n) is 9.43. The monoisotopic (exact) mass is 558 g/mol. The van der Waals surface area contributed by atoms with Crippen molar-refractivity contribution in [3.63, 3.8) is 0 Å². The number of anilines is 1. The summed E-state index contributed by atoms with van der Waals surface area (Å²) in [5, 5.41) is 5.57. The molecule has 2 aromatic heterocycles. The molecule has 1 aliphatic carbocycles. The lowest BCUT2D eigenvalue weighted by atomic mass is 9.58. The predicted octanol–water partition coefficient (Wildman–Crippen LogP) is 6.34. The molecule has 214 valence electrons. The molecule has 7 nitrogen and oxygen atoms in total. The number of carbonyl (C=O) groups is 1. The van der Waals surface area contributed by atoms with Crippen LogP contribution in [-0.4, -0.2) is 43.6 Å². The number of hydrogen-bond acceptors (Lipinski definition) is 4. The molecule has 0 unspecified atom stereocenters. The van der Waals surface area contributed by atoms with E-state index in [4.69, 9.17) is 0 Å². The van der Waals surface area contributed by atoms with Crippen molar-refractivity contribution in [3.05, 3.63) is 76.5 Å². The number of nitrogens with zero attached hydrogens (tertiary/aromatic N) is 5. The summed E-state index contributed by atoms with van der Waals surface area (Å²) in [7, 11) is 1.87. The molecule has 1 saturated carbocycles. The van der Waals surface area contributed by atoms with Crippen molar-refractivity contribution >= 4 is 22.5 Å². The second kappa shape index (κ2) is 9.76. The van der Waals surface area contributed by atoms with Gasteiger partial charge in [0.25, 0.3) is 12.3 Å². The first kappa shape index (κ1) is 26.3. The van der Waals surface area contributed by atoms with E-state index in [-0.39, 0.29) is 23.4 Å². The second-order valence-electron chi connectivity index (χ2n) is 12.7. The Hall–Kier alpha value is -3.59. The molecular weight excluding hydrogens is 522 g/mol. The van der Waals surface area contributed by atoms with Crippen LogP contribution in [0.1, 0.15) is 84.4 Å².